The molecule has 1 saturated carbocycles. The molecule has 1 saturated heterocycles. The molecule has 0 aromatic heterocycles. The van der Waals surface area contributed by atoms with Crippen LogP contribution >= 0.6 is 0 Å². The highest BCUT2D eigenvalue weighted by molar-refractivity contribution is 7.96. The van der Waals surface area contributed by atoms with Crippen molar-refractivity contribution in [3.63, 3.8) is 0 Å². The molecule has 8 heteroatoms. The van der Waals surface area contributed by atoms with E-state index in [0.717, 1.165) is 25.7 Å². The van der Waals surface area contributed by atoms with Gasteiger partial charge >= 0.3 is 0 Å². The van der Waals surface area contributed by atoms with Crippen molar-refractivity contribution in [1.29, 1.82) is 0 Å². The topological polar surface area (TPSA) is 89.5 Å². The van der Waals surface area contributed by atoms with Crippen molar-refractivity contribution < 1.29 is 21.6 Å². The van der Waals surface area contributed by atoms with Gasteiger partial charge in [-0.1, -0.05) is 25.7 Å². The van der Waals surface area contributed by atoms with Crippen LogP contribution in [0.2, 0.25) is 0 Å². The van der Waals surface area contributed by atoms with Gasteiger partial charge in [-0.15, -0.1) is 0 Å². The minimum Gasteiger partial charge on any atom is -0.497 e. The monoisotopic (exact) mass is 401 g/mol. The fourth-order valence-electron chi connectivity index (χ4n) is 3.97. The summed E-state index contributed by atoms with van der Waals surface area (Å²) in [5.74, 6) is 0.145. The lowest BCUT2D eigenvalue weighted by atomic mass is 10.1. The van der Waals surface area contributed by atoms with Crippen LogP contribution in [0, 0.1) is 0 Å². The van der Waals surface area contributed by atoms with Gasteiger partial charge in [0.1, 0.15) is 5.75 Å². The normalized spacial score (nSPS) is 27.1. The average Bonchev–Trinajstić information content (AvgIpc) is 2.77. The second kappa shape index (κ2) is 7.86. The maximum absolute atomic E-state index is 13.1. The number of nitrogens with one attached hydrogen (secondary N) is 1. The molecule has 1 aliphatic carbocycles. The molecule has 0 amide bonds. The van der Waals surface area contributed by atoms with Gasteiger partial charge in [0.05, 0.1) is 28.8 Å². The Morgan fingerprint density at radius 3 is 2.19 bits per heavy atom. The van der Waals surface area contributed by atoms with Crippen molar-refractivity contribution in [3.05, 3.63) is 24.3 Å². The van der Waals surface area contributed by atoms with Crippen LogP contribution in [-0.2, 0) is 19.7 Å². The van der Waals surface area contributed by atoms with E-state index in [-0.39, 0.29) is 22.4 Å². The lowest BCUT2D eigenvalue weighted by Gasteiger charge is -2.25. The summed E-state index contributed by atoms with van der Waals surface area (Å²) < 4.78 is 55.7. The first-order chi connectivity index (χ1) is 12.3. The Labute approximate surface area is 156 Å². The van der Waals surface area contributed by atoms with Gasteiger partial charge in [-0.05, 0) is 37.1 Å². The summed E-state index contributed by atoms with van der Waals surface area (Å²) in [6.07, 6.45) is 6.54. The highest BCUT2D eigenvalue weighted by Crippen LogP contribution is 2.28. The second-order valence-corrected chi connectivity index (χ2v) is 11.6. The summed E-state index contributed by atoms with van der Waals surface area (Å²) >= 11 is 0. The van der Waals surface area contributed by atoms with Crippen molar-refractivity contribution in [2.24, 2.45) is 0 Å². The van der Waals surface area contributed by atoms with Gasteiger partial charge < -0.3 is 10.1 Å². The number of hydrogen-bond donors (Lipinski definition) is 1. The summed E-state index contributed by atoms with van der Waals surface area (Å²) in [4.78, 5) is 0.146. The van der Waals surface area contributed by atoms with E-state index in [1.807, 2.05) is 0 Å². The third kappa shape index (κ3) is 4.40. The van der Waals surface area contributed by atoms with Gasteiger partial charge in [-0.2, -0.15) is 0 Å². The van der Waals surface area contributed by atoms with Crippen molar-refractivity contribution in [2.75, 3.05) is 18.6 Å². The molecule has 1 aromatic carbocycles. The van der Waals surface area contributed by atoms with Crippen molar-refractivity contribution in [3.8, 4) is 5.75 Å². The van der Waals surface area contributed by atoms with E-state index in [1.54, 1.807) is 12.1 Å². The molecule has 0 unspecified atom stereocenters. The summed E-state index contributed by atoms with van der Waals surface area (Å²) in [5.41, 5.74) is 0. The predicted molar refractivity (Wildman–Crippen MR) is 101 cm³/mol. The molecule has 1 aromatic rings. The van der Waals surface area contributed by atoms with Crippen molar-refractivity contribution in [2.45, 2.75) is 60.8 Å². The van der Waals surface area contributed by atoms with Crippen molar-refractivity contribution >= 4 is 19.7 Å². The molecule has 1 aliphatic heterocycles. The Kier molecular flexibility index (Phi) is 5.94. The Morgan fingerprint density at radius 1 is 1.00 bits per heavy atom. The maximum atomic E-state index is 13.1. The van der Waals surface area contributed by atoms with E-state index in [1.165, 1.54) is 32.1 Å². The number of ether oxygens (including phenoxy) is 1. The first kappa shape index (κ1) is 19.6. The average molecular weight is 402 g/mol. The van der Waals surface area contributed by atoms with Crippen LogP contribution in [0.15, 0.2) is 29.2 Å². The van der Waals surface area contributed by atoms with E-state index in [9.17, 15) is 16.8 Å². The highest BCUT2D eigenvalue weighted by Gasteiger charge is 2.46. The van der Waals surface area contributed by atoms with Crippen LogP contribution < -0.4 is 10.1 Å². The van der Waals surface area contributed by atoms with Crippen LogP contribution in [0.25, 0.3) is 0 Å². The van der Waals surface area contributed by atoms with Crippen LogP contribution in [-0.4, -0.2) is 52.8 Å². The lowest BCUT2D eigenvalue weighted by molar-refractivity contribution is 0.408. The van der Waals surface area contributed by atoms with Crippen LogP contribution in [0.4, 0.5) is 0 Å². The zero-order valence-corrected chi connectivity index (χ0v) is 16.7. The summed E-state index contributed by atoms with van der Waals surface area (Å²) in [7, 11) is -5.60. The van der Waals surface area contributed by atoms with Gasteiger partial charge in [0.2, 0.25) is 0 Å². The summed E-state index contributed by atoms with van der Waals surface area (Å²) in [5, 5.41) is 2.44. The molecular formula is C18H27NO5S2. The van der Waals surface area contributed by atoms with Gasteiger partial charge in [0.15, 0.2) is 19.7 Å². The zero-order valence-electron chi connectivity index (χ0n) is 15.1. The van der Waals surface area contributed by atoms with E-state index in [4.69, 9.17) is 4.74 Å². The number of hydrogen-bond acceptors (Lipinski definition) is 6. The minimum absolute atomic E-state index is 0.108. The molecule has 6 nitrogen and oxygen atoms in total. The van der Waals surface area contributed by atoms with E-state index < -0.39 is 31.0 Å². The SMILES string of the molecule is COc1ccc(S(=O)(=O)[C@H]2CS(=O)(=O)C[C@@H]2NC2CCCCCC2)cc1. The Balaban J connectivity index is 1.84. The third-order valence-corrected chi connectivity index (χ3v) is 9.56. The molecular weight excluding hydrogens is 374 g/mol. The smallest absolute Gasteiger partial charge is 0.183 e. The predicted octanol–water partition coefficient (Wildman–Crippen LogP) is 1.95. The Morgan fingerprint density at radius 2 is 1.62 bits per heavy atom. The van der Waals surface area contributed by atoms with Crippen molar-refractivity contribution in [1.82, 2.24) is 5.32 Å². The first-order valence-corrected chi connectivity index (χ1v) is 12.5. The largest absolute Gasteiger partial charge is 0.497 e. The highest BCUT2D eigenvalue weighted by atomic mass is 32.2. The zero-order chi connectivity index (χ0) is 18.8. The molecule has 1 N–H and O–H groups in total. The number of rotatable bonds is 5. The van der Waals surface area contributed by atoms with Crippen LogP contribution in [0.3, 0.4) is 0 Å². The fraction of sp³-hybridized carbons (Fsp3) is 0.667. The van der Waals surface area contributed by atoms with E-state index in [2.05, 4.69) is 5.32 Å². The van der Waals surface area contributed by atoms with Crippen LogP contribution in [0.1, 0.15) is 38.5 Å². The molecule has 1 heterocycles. The number of benzene rings is 1. The number of methoxy groups -OCH3 is 1. The quantitative estimate of drug-likeness (QED) is 0.759. The summed E-state index contributed by atoms with van der Waals surface area (Å²) in [6.45, 7) is 0. The first-order valence-electron chi connectivity index (χ1n) is 9.16. The van der Waals surface area contributed by atoms with Gasteiger partial charge in [0.25, 0.3) is 0 Å². The molecule has 26 heavy (non-hydrogen) atoms. The standard InChI is InChI=1S/C18H27NO5S2/c1-24-15-8-10-16(11-9-15)26(22,23)18-13-25(20,21)12-17(18)19-14-6-4-2-3-5-7-14/h8-11,14,17-19H,2-7,12-13H2,1H3/t17-,18-/m0/s1. The Hall–Kier alpha value is -1.12. The summed E-state index contributed by atoms with van der Waals surface area (Å²) in [6, 6.07) is 5.80. The number of sulfone groups is 2. The van der Waals surface area contributed by atoms with E-state index >= 15 is 0 Å². The van der Waals surface area contributed by atoms with Gasteiger partial charge in [-0.25, -0.2) is 16.8 Å². The third-order valence-electron chi connectivity index (χ3n) is 5.39. The minimum atomic E-state index is -3.74. The van der Waals surface area contributed by atoms with E-state index in [0.29, 0.717) is 5.75 Å². The second-order valence-electron chi connectivity index (χ2n) is 7.30. The van der Waals surface area contributed by atoms with Crippen LogP contribution in [0.5, 0.6) is 5.75 Å². The molecule has 146 valence electrons. The molecule has 3 rings (SSSR count). The molecule has 0 spiro atoms. The lowest BCUT2D eigenvalue weighted by Crippen LogP contribution is -2.47. The maximum Gasteiger partial charge on any atom is 0.183 e. The van der Waals surface area contributed by atoms with Gasteiger partial charge in [-0.3, -0.25) is 0 Å². The molecule has 0 radical (unpaired) electrons. The Bertz CT molecular complexity index is 810. The fourth-order valence-corrected chi connectivity index (χ4v) is 8.64. The molecule has 2 atom stereocenters. The molecule has 2 aliphatic rings. The molecule has 0 bridgehead atoms. The van der Waals surface area contributed by atoms with Gasteiger partial charge in [0, 0.05) is 12.1 Å². The molecule has 2 fully saturated rings.